The maximum Gasteiger partial charge on any atom is 0.0841 e. The Hall–Kier alpha value is -0.550. The fraction of sp³-hybridized carbons (Fsp3) is 0.889. The molecule has 64 valence electrons. The van der Waals surface area contributed by atoms with Crippen LogP contribution in [-0.2, 0) is 0 Å². The van der Waals surface area contributed by atoms with Crippen molar-refractivity contribution < 1.29 is 0 Å². The Morgan fingerprint density at radius 3 is 2.36 bits per heavy atom. The molecule has 0 aromatic carbocycles. The number of rotatable bonds is 3. The van der Waals surface area contributed by atoms with E-state index in [9.17, 15) is 0 Å². The van der Waals surface area contributed by atoms with Gasteiger partial charge < -0.3 is 5.32 Å². The van der Waals surface area contributed by atoms with Crippen molar-refractivity contribution in [1.82, 2.24) is 5.32 Å². The average Bonchev–Trinajstić information content (AvgIpc) is 1.86. The first-order valence-corrected chi connectivity index (χ1v) is 4.06. The monoisotopic (exact) mass is 154 g/mol. The Balaban J connectivity index is 3.55. The molecule has 0 spiro atoms. The largest absolute Gasteiger partial charge is 0.304 e. The van der Waals surface area contributed by atoms with Crippen LogP contribution < -0.4 is 5.32 Å². The van der Waals surface area contributed by atoms with Gasteiger partial charge in [-0.2, -0.15) is 5.26 Å². The predicted octanol–water partition coefficient (Wildman–Crippen LogP) is 1.78. The molecule has 0 aliphatic heterocycles. The van der Waals surface area contributed by atoms with Gasteiger partial charge in [-0.05, 0) is 17.9 Å². The lowest BCUT2D eigenvalue weighted by molar-refractivity contribution is 0.255. The summed E-state index contributed by atoms with van der Waals surface area (Å²) in [6, 6.07) is 2.06. The molecule has 0 aromatic rings. The SMILES string of the molecule is CC(CNCC#N)C(C)(C)C. The molecular formula is C9H18N2. The van der Waals surface area contributed by atoms with E-state index in [0.29, 0.717) is 17.9 Å². The molecule has 1 N–H and O–H groups in total. The molecule has 0 amide bonds. The topological polar surface area (TPSA) is 35.8 Å². The van der Waals surface area contributed by atoms with Crippen molar-refractivity contribution in [3.63, 3.8) is 0 Å². The summed E-state index contributed by atoms with van der Waals surface area (Å²) < 4.78 is 0. The summed E-state index contributed by atoms with van der Waals surface area (Å²) in [7, 11) is 0. The Bertz CT molecular complexity index is 139. The second kappa shape index (κ2) is 4.35. The lowest BCUT2D eigenvalue weighted by atomic mass is 9.82. The average molecular weight is 154 g/mol. The van der Waals surface area contributed by atoms with Gasteiger partial charge >= 0.3 is 0 Å². The minimum atomic E-state index is 0.336. The number of nitriles is 1. The van der Waals surface area contributed by atoms with Crippen molar-refractivity contribution >= 4 is 0 Å². The van der Waals surface area contributed by atoms with E-state index in [0.717, 1.165) is 6.54 Å². The van der Waals surface area contributed by atoms with Crippen molar-refractivity contribution in [2.24, 2.45) is 11.3 Å². The summed E-state index contributed by atoms with van der Waals surface area (Å²) in [6.07, 6.45) is 0. The molecule has 0 heterocycles. The van der Waals surface area contributed by atoms with E-state index >= 15 is 0 Å². The van der Waals surface area contributed by atoms with Crippen LogP contribution in [0.15, 0.2) is 0 Å². The number of nitrogens with one attached hydrogen (secondary N) is 1. The van der Waals surface area contributed by atoms with Gasteiger partial charge in [0.05, 0.1) is 12.6 Å². The summed E-state index contributed by atoms with van der Waals surface area (Å²) in [6.45, 7) is 10.2. The van der Waals surface area contributed by atoms with Gasteiger partial charge in [0.25, 0.3) is 0 Å². The third kappa shape index (κ3) is 4.80. The first kappa shape index (κ1) is 10.4. The maximum absolute atomic E-state index is 8.27. The van der Waals surface area contributed by atoms with Crippen LogP contribution in [-0.4, -0.2) is 13.1 Å². The molecule has 2 nitrogen and oxygen atoms in total. The summed E-state index contributed by atoms with van der Waals surface area (Å²) in [5, 5.41) is 11.3. The quantitative estimate of drug-likeness (QED) is 0.497. The first-order valence-electron chi connectivity index (χ1n) is 4.06. The lowest BCUT2D eigenvalue weighted by Gasteiger charge is -2.26. The number of hydrogen-bond donors (Lipinski definition) is 1. The molecule has 0 aromatic heterocycles. The van der Waals surface area contributed by atoms with Crippen LogP contribution in [0, 0.1) is 22.7 Å². The summed E-state index contributed by atoms with van der Waals surface area (Å²) >= 11 is 0. The molecule has 0 saturated heterocycles. The minimum Gasteiger partial charge on any atom is -0.304 e. The van der Waals surface area contributed by atoms with Crippen molar-refractivity contribution in [3.05, 3.63) is 0 Å². The lowest BCUT2D eigenvalue weighted by Crippen LogP contribution is -2.29. The second-order valence-electron chi connectivity index (χ2n) is 4.06. The second-order valence-corrected chi connectivity index (χ2v) is 4.06. The van der Waals surface area contributed by atoms with Crippen LogP contribution >= 0.6 is 0 Å². The number of nitrogens with zero attached hydrogens (tertiary/aromatic N) is 1. The molecule has 0 aliphatic carbocycles. The molecule has 0 fully saturated rings. The van der Waals surface area contributed by atoms with Crippen molar-refractivity contribution in [2.45, 2.75) is 27.7 Å². The highest BCUT2D eigenvalue weighted by Crippen LogP contribution is 2.24. The van der Waals surface area contributed by atoms with Crippen LogP contribution in [0.25, 0.3) is 0 Å². The molecule has 11 heavy (non-hydrogen) atoms. The van der Waals surface area contributed by atoms with Crippen LogP contribution in [0.5, 0.6) is 0 Å². The zero-order chi connectivity index (χ0) is 8.91. The van der Waals surface area contributed by atoms with E-state index < -0.39 is 0 Å². The fourth-order valence-electron chi connectivity index (χ4n) is 0.651. The van der Waals surface area contributed by atoms with E-state index in [1.165, 1.54) is 0 Å². The molecule has 1 atom stereocenters. The van der Waals surface area contributed by atoms with E-state index in [4.69, 9.17) is 5.26 Å². The summed E-state index contributed by atoms with van der Waals surface area (Å²) in [4.78, 5) is 0. The normalized spacial score (nSPS) is 14.1. The van der Waals surface area contributed by atoms with Gasteiger partial charge in [0.1, 0.15) is 0 Å². The van der Waals surface area contributed by atoms with Crippen LogP contribution in [0.1, 0.15) is 27.7 Å². The zero-order valence-corrected chi connectivity index (χ0v) is 7.94. The zero-order valence-electron chi connectivity index (χ0n) is 7.94. The molecule has 0 rings (SSSR count). The summed E-state index contributed by atoms with van der Waals surface area (Å²) in [5.41, 5.74) is 0.336. The molecule has 0 bridgehead atoms. The Labute approximate surface area is 69.6 Å². The summed E-state index contributed by atoms with van der Waals surface area (Å²) in [5.74, 6) is 0.607. The smallest absolute Gasteiger partial charge is 0.0841 e. The van der Waals surface area contributed by atoms with Gasteiger partial charge in [0.2, 0.25) is 0 Å². The fourth-order valence-corrected chi connectivity index (χ4v) is 0.651. The highest BCUT2D eigenvalue weighted by Gasteiger charge is 2.18. The third-order valence-electron chi connectivity index (χ3n) is 2.13. The molecule has 2 heteroatoms. The van der Waals surface area contributed by atoms with E-state index in [1.54, 1.807) is 0 Å². The molecule has 0 aliphatic rings. The van der Waals surface area contributed by atoms with Gasteiger partial charge in [-0.1, -0.05) is 27.7 Å². The van der Waals surface area contributed by atoms with Gasteiger partial charge in [-0.3, -0.25) is 0 Å². The Kier molecular flexibility index (Phi) is 4.14. The Morgan fingerprint density at radius 1 is 1.45 bits per heavy atom. The first-order chi connectivity index (χ1) is 4.98. The Morgan fingerprint density at radius 2 is 2.00 bits per heavy atom. The minimum absolute atomic E-state index is 0.336. The molecule has 0 saturated carbocycles. The van der Waals surface area contributed by atoms with E-state index in [1.807, 2.05) is 0 Å². The number of hydrogen-bond acceptors (Lipinski definition) is 2. The maximum atomic E-state index is 8.27. The van der Waals surface area contributed by atoms with Crippen molar-refractivity contribution in [2.75, 3.05) is 13.1 Å². The standard InChI is InChI=1S/C9H18N2/c1-8(9(2,3)4)7-11-6-5-10/h8,11H,6-7H2,1-4H3. The van der Waals surface area contributed by atoms with Gasteiger partial charge in [0, 0.05) is 0 Å². The third-order valence-corrected chi connectivity index (χ3v) is 2.13. The molecule has 1 unspecified atom stereocenters. The predicted molar refractivity (Wildman–Crippen MR) is 47.1 cm³/mol. The van der Waals surface area contributed by atoms with Gasteiger partial charge in [0.15, 0.2) is 0 Å². The van der Waals surface area contributed by atoms with E-state index in [2.05, 4.69) is 39.1 Å². The van der Waals surface area contributed by atoms with Crippen LogP contribution in [0.2, 0.25) is 0 Å². The molecular weight excluding hydrogens is 136 g/mol. The molecule has 0 radical (unpaired) electrons. The van der Waals surface area contributed by atoms with Gasteiger partial charge in [-0.25, -0.2) is 0 Å². The van der Waals surface area contributed by atoms with Crippen LogP contribution in [0.3, 0.4) is 0 Å². The van der Waals surface area contributed by atoms with Crippen molar-refractivity contribution in [3.8, 4) is 6.07 Å². The highest BCUT2D eigenvalue weighted by molar-refractivity contribution is 4.77. The van der Waals surface area contributed by atoms with Gasteiger partial charge in [-0.15, -0.1) is 0 Å². The van der Waals surface area contributed by atoms with Crippen LogP contribution in [0.4, 0.5) is 0 Å². The highest BCUT2D eigenvalue weighted by atomic mass is 14.9. The van der Waals surface area contributed by atoms with E-state index in [-0.39, 0.29) is 0 Å². The van der Waals surface area contributed by atoms with Crippen molar-refractivity contribution in [1.29, 1.82) is 5.26 Å².